The molecule has 0 radical (unpaired) electrons. The van der Waals surface area contributed by atoms with Crippen molar-refractivity contribution in [2.24, 2.45) is 0 Å². The molecule has 0 atom stereocenters. The van der Waals surface area contributed by atoms with Crippen molar-refractivity contribution in [1.82, 2.24) is 9.97 Å². The summed E-state index contributed by atoms with van der Waals surface area (Å²) in [7, 11) is 0. The van der Waals surface area contributed by atoms with Crippen LogP contribution in [0.3, 0.4) is 0 Å². The zero-order chi connectivity index (χ0) is 15.6. The number of benzene rings is 1. The van der Waals surface area contributed by atoms with Crippen LogP contribution < -0.4 is 5.32 Å². The summed E-state index contributed by atoms with van der Waals surface area (Å²) in [4.78, 5) is 7.21. The van der Waals surface area contributed by atoms with Crippen LogP contribution in [0.2, 0.25) is 0 Å². The molecule has 1 aromatic carbocycles. The van der Waals surface area contributed by atoms with Crippen LogP contribution in [0.5, 0.6) is 0 Å². The maximum atomic E-state index is 13.2. The second-order valence-corrected chi connectivity index (χ2v) is 4.12. The Morgan fingerprint density at radius 3 is 2.33 bits per heavy atom. The Morgan fingerprint density at radius 2 is 1.76 bits per heavy atom. The molecule has 0 aliphatic rings. The molecule has 2 rings (SSSR count). The Balaban J connectivity index is 2.56. The molecule has 1 heterocycles. The highest BCUT2D eigenvalue weighted by Crippen LogP contribution is 2.31. The number of hydrogen-bond donors (Lipinski definition) is 1. The third-order valence-corrected chi connectivity index (χ3v) is 2.57. The molecular weight excluding hydrogens is 293 g/mol. The van der Waals surface area contributed by atoms with Crippen LogP contribution in [0.15, 0.2) is 24.3 Å². The van der Waals surface area contributed by atoms with Crippen LogP contribution >= 0.6 is 0 Å². The highest BCUT2D eigenvalue weighted by Gasteiger charge is 2.33. The number of alkyl halides is 3. The lowest BCUT2D eigenvalue weighted by molar-refractivity contribution is -0.141. The lowest BCUT2D eigenvalue weighted by Crippen LogP contribution is -2.12. The molecule has 1 aromatic heterocycles. The van der Waals surface area contributed by atoms with Gasteiger partial charge in [0.15, 0.2) is 17.3 Å². The molecule has 21 heavy (non-hydrogen) atoms. The summed E-state index contributed by atoms with van der Waals surface area (Å²) in [5, 5.41) is 2.57. The maximum absolute atomic E-state index is 13.2. The number of nitrogens with one attached hydrogen (secondary N) is 1. The summed E-state index contributed by atoms with van der Waals surface area (Å²) in [5.74, 6) is -2.48. The molecule has 0 amide bonds. The van der Waals surface area contributed by atoms with Gasteiger partial charge in [-0.1, -0.05) is 0 Å². The largest absolute Gasteiger partial charge is 0.433 e. The fraction of sp³-hybridized carbons (Fsp3) is 0.231. The van der Waals surface area contributed by atoms with E-state index in [1.165, 1.54) is 0 Å². The van der Waals surface area contributed by atoms with Crippen LogP contribution in [0.1, 0.15) is 12.6 Å². The fourth-order valence-electron chi connectivity index (χ4n) is 1.63. The second-order valence-electron chi connectivity index (χ2n) is 4.12. The van der Waals surface area contributed by atoms with E-state index < -0.39 is 23.5 Å². The minimum atomic E-state index is -4.67. The van der Waals surface area contributed by atoms with Crippen LogP contribution in [-0.2, 0) is 6.18 Å². The minimum Gasteiger partial charge on any atom is -0.354 e. The Hall–Kier alpha value is -2.25. The van der Waals surface area contributed by atoms with Gasteiger partial charge in [-0.3, -0.25) is 0 Å². The molecule has 2 aromatic rings. The Morgan fingerprint density at radius 1 is 1.05 bits per heavy atom. The molecule has 0 spiro atoms. The van der Waals surface area contributed by atoms with E-state index in [2.05, 4.69) is 15.3 Å². The maximum Gasteiger partial charge on any atom is 0.433 e. The van der Waals surface area contributed by atoms with Crippen LogP contribution in [0.4, 0.5) is 27.9 Å². The molecule has 0 saturated carbocycles. The van der Waals surface area contributed by atoms with E-state index in [0.29, 0.717) is 12.6 Å². The fourth-order valence-corrected chi connectivity index (χ4v) is 1.63. The van der Waals surface area contributed by atoms with E-state index in [0.717, 1.165) is 18.2 Å². The molecule has 8 heteroatoms. The summed E-state index contributed by atoms with van der Waals surface area (Å²) in [6.45, 7) is 1.99. The average molecular weight is 303 g/mol. The van der Waals surface area contributed by atoms with Crippen LogP contribution in [0, 0.1) is 11.6 Å². The smallest absolute Gasteiger partial charge is 0.354 e. The summed E-state index contributed by atoms with van der Waals surface area (Å²) in [6.07, 6.45) is -4.67. The lowest BCUT2D eigenvalue weighted by atomic mass is 10.1. The van der Waals surface area contributed by atoms with Gasteiger partial charge in [-0.15, -0.1) is 0 Å². The van der Waals surface area contributed by atoms with Crippen molar-refractivity contribution in [2.75, 3.05) is 11.9 Å². The van der Waals surface area contributed by atoms with Gasteiger partial charge in [0.25, 0.3) is 0 Å². The number of hydrogen-bond acceptors (Lipinski definition) is 3. The van der Waals surface area contributed by atoms with Gasteiger partial charge in [0.1, 0.15) is 0 Å². The average Bonchev–Trinajstić information content (AvgIpc) is 2.41. The van der Waals surface area contributed by atoms with Gasteiger partial charge in [0, 0.05) is 12.1 Å². The van der Waals surface area contributed by atoms with E-state index in [4.69, 9.17) is 0 Å². The van der Waals surface area contributed by atoms with Crippen molar-refractivity contribution in [3.63, 3.8) is 0 Å². The molecule has 0 aliphatic heterocycles. The molecule has 0 unspecified atom stereocenters. The zero-order valence-corrected chi connectivity index (χ0v) is 10.8. The van der Waals surface area contributed by atoms with Crippen LogP contribution in [0.25, 0.3) is 11.3 Å². The van der Waals surface area contributed by atoms with E-state index in [9.17, 15) is 22.0 Å². The van der Waals surface area contributed by atoms with Gasteiger partial charge in [-0.05, 0) is 31.2 Å². The summed E-state index contributed by atoms with van der Waals surface area (Å²) < 4.78 is 64.5. The standard InChI is InChI=1S/C13H10F5N3/c1-2-19-12-20-10(6-11(21-12)13(16,17)18)7-3-4-8(14)9(15)5-7/h3-6H,2H2,1H3,(H,19,20,21). The SMILES string of the molecule is CCNc1nc(-c2ccc(F)c(F)c2)cc(C(F)(F)F)n1. The Bertz CT molecular complexity index is 655. The molecule has 0 aliphatic carbocycles. The topological polar surface area (TPSA) is 37.8 Å². The Labute approximate surface area is 116 Å². The van der Waals surface area contributed by atoms with Gasteiger partial charge in [-0.25, -0.2) is 18.7 Å². The molecule has 112 valence electrons. The first-order valence-electron chi connectivity index (χ1n) is 5.97. The van der Waals surface area contributed by atoms with Crippen molar-refractivity contribution in [1.29, 1.82) is 0 Å². The number of nitrogens with zero attached hydrogens (tertiary/aromatic N) is 2. The molecule has 0 fully saturated rings. The van der Waals surface area contributed by atoms with Crippen LogP contribution in [-0.4, -0.2) is 16.5 Å². The normalized spacial score (nSPS) is 11.5. The quantitative estimate of drug-likeness (QED) is 0.875. The first kappa shape index (κ1) is 15.1. The summed E-state index contributed by atoms with van der Waals surface area (Å²) in [5.41, 5.74) is -1.28. The van der Waals surface area contributed by atoms with E-state index in [-0.39, 0.29) is 17.2 Å². The monoisotopic (exact) mass is 303 g/mol. The number of anilines is 1. The van der Waals surface area contributed by atoms with Crippen molar-refractivity contribution < 1.29 is 22.0 Å². The highest BCUT2D eigenvalue weighted by atomic mass is 19.4. The summed E-state index contributed by atoms with van der Waals surface area (Å²) >= 11 is 0. The predicted molar refractivity (Wildman–Crippen MR) is 66.5 cm³/mol. The van der Waals surface area contributed by atoms with Gasteiger partial charge in [0.2, 0.25) is 5.95 Å². The number of halogens is 5. The van der Waals surface area contributed by atoms with Crippen molar-refractivity contribution in [3.05, 3.63) is 41.6 Å². The molecule has 3 nitrogen and oxygen atoms in total. The zero-order valence-electron chi connectivity index (χ0n) is 10.8. The van der Waals surface area contributed by atoms with Crippen molar-refractivity contribution >= 4 is 5.95 Å². The molecular formula is C13H10F5N3. The van der Waals surface area contributed by atoms with Gasteiger partial charge in [-0.2, -0.15) is 13.2 Å². The third-order valence-electron chi connectivity index (χ3n) is 2.57. The van der Waals surface area contributed by atoms with Crippen molar-refractivity contribution in [3.8, 4) is 11.3 Å². The Kier molecular flexibility index (Phi) is 4.06. The molecule has 1 N–H and O–H groups in total. The van der Waals surface area contributed by atoms with E-state index in [1.807, 2.05) is 0 Å². The third kappa shape index (κ3) is 3.45. The van der Waals surface area contributed by atoms with E-state index in [1.54, 1.807) is 6.92 Å². The minimum absolute atomic E-state index is 0.0287. The first-order valence-corrected chi connectivity index (χ1v) is 5.97. The lowest BCUT2D eigenvalue weighted by Gasteiger charge is -2.11. The first-order chi connectivity index (χ1) is 9.81. The van der Waals surface area contributed by atoms with E-state index >= 15 is 0 Å². The van der Waals surface area contributed by atoms with Gasteiger partial charge < -0.3 is 5.32 Å². The second kappa shape index (κ2) is 5.63. The van der Waals surface area contributed by atoms with Gasteiger partial charge >= 0.3 is 6.18 Å². The van der Waals surface area contributed by atoms with Gasteiger partial charge in [0.05, 0.1) is 5.69 Å². The molecule has 0 bridgehead atoms. The molecule has 0 saturated heterocycles. The van der Waals surface area contributed by atoms with Crippen molar-refractivity contribution in [2.45, 2.75) is 13.1 Å². The number of aromatic nitrogens is 2. The predicted octanol–water partition coefficient (Wildman–Crippen LogP) is 3.87. The number of rotatable bonds is 3. The summed E-state index contributed by atoms with van der Waals surface area (Å²) in [6, 6.07) is 3.45. The highest BCUT2D eigenvalue weighted by molar-refractivity contribution is 5.61.